The van der Waals surface area contributed by atoms with Crippen molar-refractivity contribution in [1.29, 1.82) is 0 Å². The molecule has 0 unspecified atom stereocenters. The van der Waals surface area contributed by atoms with Crippen LogP contribution in [0.1, 0.15) is 0 Å². The molecule has 0 saturated carbocycles. The zero-order valence-corrected chi connectivity index (χ0v) is 25.6. The predicted octanol–water partition coefficient (Wildman–Crippen LogP) is 11.5. The molecule has 0 aliphatic carbocycles. The number of rotatable bonds is 4. The lowest BCUT2D eigenvalue weighted by Crippen LogP contribution is -2.00. The maximum absolute atomic E-state index is 6.38. The molecule has 0 amide bonds. The second-order valence-corrected chi connectivity index (χ2v) is 12.0. The zero-order valence-electron chi connectivity index (χ0n) is 25.6. The number of hydrogen-bond acceptors (Lipinski definition) is 5. The van der Waals surface area contributed by atoms with Gasteiger partial charge in [-0.1, -0.05) is 127 Å². The summed E-state index contributed by atoms with van der Waals surface area (Å²) < 4.78 is 12.5. The Morgan fingerprint density at radius 3 is 1.56 bits per heavy atom. The maximum atomic E-state index is 6.38. The van der Waals surface area contributed by atoms with Gasteiger partial charge in [-0.05, 0) is 46.2 Å². The van der Waals surface area contributed by atoms with Gasteiger partial charge in [0.1, 0.15) is 22.3 Å². The fourth-order valence-electron chi connectivity index (χ4n) is 6.93. The number of fused-ring (bicyclic) bond motifs is 8. The van der Waals surface area contributed by atoms with Crippen molar-refractivity contribution >= 4 is 54.6 Å². The van der Waals surface area contributed by atoms with Crippen LogP contribution >= 0.6 is 0 Å². The van der Waals surface area contributed by atoms with Crippen molar-refractivity contribution in [3.63, 3.8) is 0 Å². The first-order valence-electron chi connectivity index (χ1n) is 15.9. The molecule has 0 aliphatic rings. The van der Waals surface area contributed by atoms with E-state index < -0.39 is 0 Å². The number of nitrogens with zero attached hydrogens (tertiary/aromatic N) is 3. The molecule has 0 atom stereocenters. The van der Waals surface area contributed by atoms with Crippen LogP contribution in [0.4, 0.5) is 0 Å². The summed E-state index contributed by atoms with van der Waals surface area (Å²) >= 11 is 0. The minimum atomic E-state index is 0.594. The lowest BCUT2D eigenvalue weighted by Gasteiger charge is -2.11. The Morgan fingerprint density at radius 1 is 0.312 bits per heavy atom. The molecule has 3 heterocycles. The summed E-state index contributed by atoms with van der Waals surface area (Å²) in [5, 5.41) is 6.57. The lowest BCUT2D eigenvalue weighted by atomic mass is 9.98. The predicted molar refractivity (Wildman–Crippen MR) is 194 cm³/mol. The van der Waals surface area contributed by atoms with Gasteiger partial charge in [0.05, 0.1) is 0 Å². The van der Waals surface area contributed by atoms with Crippen molar-refractivity contribution in [3.05, 3.63) is 152 Å². The molecule has 0 aliphatic heterocycles. The topological polar surface area (TPSA) is 65.0 Å². The minimum absolute atomic E-state index is 0.594. The second-order valence-electron chi connectivity index (χ2n) is 12.0. The van der Waals surface area contributed by atoms with E-state index in [9.17, 15) is 0 Å². The normalized spacial score (nSPS) is 11.8. The van der Waals surface area contributed by atoms with E-state index >= 15 is 0 Å². The summed E-state index contributed by atoms with van der Waals surface area (Å²) in [6, 6.07) is 51.5. The van der Waals surface area contributed by atoms with Gasteiger partial charge in [-0.3, -0.25) is 0 Å². The van der Waals surface area contributed by atoms with Crippen LogP contribution in [0, 0.1) is 0 Å². The van der Waals surface area contributed by atoms with E-state index in [1.54, 1.807) is 0 Å². The molecule has 3 aromatic heterocycles. The van der Waals surface area contributed by atoms with Gasteiger partial charge in [0.15, 0.2) is 17.5 Å². The fraction of sp³-hybridized carbons (Fsp3) is 0. The third-order valence-electron chi connectivity index (χ3n) is 9.15. The largest absolute Gasteiger partial charge is 0.456 e. The van der Waals surface area contributed by atoms with E-state index in [1.807, 2.05) is 72.8 Å². The molecule has 224 valence electrons. The molecule has 0 N–H and O–H groups in total. The third-order valence-corrected chi connectivity index (χ3v) is 9.15. The van der Waals surface area contributed by atoms with Gasteiger partial charge >= 0.3 is 0 Å². The summed E-state index contributed by atoms with van der Waals surface area (Å²) in [5.74, 6) is 1.81. The molecule has 48 heavy (non-hydrogen) atoms. The van der Waals surface area contributed by atoms with Crippen LogP contribution in [0.2, 0.25) is 0 Å². The van der Waals surface area contributed by atoms with Crippen LogP contribution < -0.4 is 0 Å². The van der Waals surface area contributed by atoms with Crippen LogP contribution in [0.25, 0.3) is 99.9 Å². The first-order chi connectivity index (χ1) is 23.8. The smallest absolute Gasteiger partial charge is 0.164 e. The molecule has 0 bridgehead atoms. The highest BCUT2D eigenvalue weighted by Crippen LogP contribution is 2.40. The molecule has 0 spiro atoms. The molecule has 5 nitrogen and oxygen atoms in total. The summed E-state index contributed by atoms with van der Waals surface area (Å²) in [6.45, 7) is 0. The number of aromatic nitrogens is 3. The van der Waals surface area contributed by atoms with Gasteiger partial charge in [-0.25, -0.2) is 15.0 Å². The molecule has 0 fully saturated rings. The van der Waals surface area contributed by atoms with Gasteiger partial charge in [-0.2, -0.15) is 0 Å². The fourth-order valence-corrected chi connectivity index (χ4v) is 6.93. The average molecular weight is 616 g/mol. The van der Waals surface area contributed by atoms with Crippen molar-refractivity contribution < 1.29 is 8.83 Å². The monoisotopic (exact) mass is 615 g/mol. The van der Waals surface area contributed by atoms with Gasteiger partial charge in [-0.15, -0.1) is 0 Å². The van der Waals surface area contributed by atoms with E-state index in [0.29, 0.717) is 17.5 Å². The number of para-hydroxylation sites is 2. The molecule has 0 saturated heterocycles. The molecule has 10 rings (SSSR count). The lowest BCUT2D eigenvalue weighted by molar-refractivity contribution is 0.668. The van der Waals surface area contributed by atoms with Crippen molar-refractivity contribution in [1.82, 2.24) is 15.0 Å². The maximum Gasteiger partial charge on any atom is 0.164 e. The van der Waals surface area contributed by atoms with Gasteiger partial charge in [0, 0.05) is 38.2 Å². The quantitative estimate of drug-likeness (QED) is 0.197. The van der Waals surface area contributed by atoms with E-state index in [1.165, 1.54) is 0 Å². The van der Waals surface area contributed by atoms with E-state index in [-0.39, 0.29) is 0 Å². The summed E-state index contributed by atoms with van der Waals surface area (Å²) in [4.78, 5) is 15.2. The summed E-state index contributed by atoms with van der Waals surface area (Å²) in [7, 11) is 0. The Balaban J connectivity index is 1.16. The standard InChI is InChI=1S/C43H25N3O2/c1-2-11-27(12-3-1)41-44-42(28-23-21-26(22-24-28)29-17-10-20-37-39(29)32-15-6-8-18-35(32)47-37)46-43(45-41)34-25-38-40(31-14-5-4-13-30(31)34)33-16-7-9-19-36(33)48-38/h1-25H. The molecular weight excluding hydrogens is 590 g/mol. The first kappa shape index (κ1) is 26.6. The highest BCUT2D eigenvalue weighted by molar-refractivity contribution is 6.21. The summed E-state index contributed by atoms with van der Waals surface area (Å²) in [5.41, 5.74) is 8.36. The van der Waals surface area contributed by atoms with Gasteiger partial charge < -0.3 is 8.83 Å². The van der Waals surface area contributed by atoms with Crippen LogP contribution in [0.5, 0.6) is 0 Å². The first-order valence-corrected chi connectivity index (χ1v) is 15.9. The highest BCUT2D eigenvalue weighted by atomic mass is 16.3. The van der Waals surface area contributed by atoms with Crippen molar-refractivity contribution in [2.45, 2.75) is 0 Å². The average Bonchev–Trinajstić information content (AvgIpc) is 3.73. The van der Waals surface area contributed by atoms with Crippen molar-refractivity contribution in [3.8, 4) is 45.3 Å². The van der Waals surface area contributed by atoms with Crippen LogP contribution in [0.15, 0.2) is 160 Å². The van der Waals surface area contributed by atoms with Crippen LogP contribution in [-0.2, 0) is 0 Å². The minimum Gasteiger partial charge on any atom is -0.456 e. The Morgan fingerprint density at radius 2 is 0.833 bits per heavy atom. The zero-order chi connectivity index (χ0) is 31.6. The number of furan rings is 2. The molecular formula is C43H25N3O2. The Labute approximate surface area is 274 Å². The van der Waals surface area contributed by atoms with Crippen molar-refractivity contribution in [2.24, 2.45) is 0 Å². The highest BCUT2D eigenvalue weighted by Gasteiger charge is 2.19. The SMILES string of the molecule is c1ccc(-c2nc(-c3ccc(-c4cccc5oc6ccccc6c45)cc3)nc(-c3cc4oc5ccccc5c4c4ccccc34)n2)cc1. The van der Waals surface area contributed by atoms with Crippen LogP contribution in [-0.4, -0.2) is 15.0 Å². The van der Waals surface area contributed by atoms with E-state index in [4.69, 9.17) is 23.8 Å². The Bertz CT molecular complexity index is 2830. The Hall–Kier alpha value is -6.59. The van der Waals surface area contributed by atoms with Gasteiger partial charge in [0.2, 0.25) is 0 Å². The second kappa shape index (κ2) is 10.5. The van der Waals surface area contributed by atoms with E-state index in [2.05, 4.69) is 78.9 Å². The molecule has 10 aromatic rings. The molecule has 7 aromatic carbocycles. The third kappa shape index (κ3) is 4.15. The Kier molecular flexibility index (Phi) is 5.81. The van der Waals surface area contributed by atoms with Crippen molar-refractivity contribution in [2.75, 3.05) is 0 Å². The van der Waals surface area contributed by atoms with Gasteiger partial charge in [0.25, 0.3) is 0 Å². The number of benzene rings is 7. The molecule has 5 heteroatoms. The number of hydrogen-bond donors (Lipinski definition) is 0. The van der Waals surface area contributed by atoms with Crippen LogP contribution in [0.3, 0.4) is 0 Å². The summed E-state index contributed by atoms with van der Waals surface area (Å²) in [6.07, 6.45) is 0. The van der Waals surface area contributed by atoms with E-state index in [0.717, 1.165) is 82.5 Å². The molecule has 0 radical (unpaired) electrons.